The molecule has 0 amide bonds. The molecular formula is C18H12Br2N2O3S. The van der Waals surface area contributed by atoms with E-state index in [1.54, 1.807) is 16.5 Å². The maximum atomic E-state index is 12.9. The lowest BCUT2D eigenvalue weighted by Gasteiger charge is -2.06. The first-order valence-electron chi connectivity index (χ1n) is 7.61. The summed E-state index contributed by atoms with van der Waals surface area (Å²) in [6.07, 6.45) is 1.60. The van der Waals surface area contributed by atoms with Crippen molar-refractivity contribution < 1.29 is 10.2 Å². The van der Waals surface area contributed by atoms with Crippen LogP contribution in [0, 0.1) is 13.8 Å². The Hall–Kier alpha value is -1.90. The van der Waals surface area contributed by atoms with Crippen LogP contribution < -0.4 is 10.1 Å². The smallest absolute Gasteiger partial charge is 0.274 e. The van der Waals surface area contributed by atoms with E-state index in [0.29, 0.717) is 19.5 Å². The van der Waals surface area contributed by atoms with Gasteiger partial charge in [-0.05, 0) is 81.1 Å². The predicted octanol–water partition coefficient (Wildman–Crippen LogP) is 4.01. The maximum absolute atomic E-state index is 12.9. The first-order chi connectivity index (χ1) is 12.3. The normalized spacial score (nSPS) is 12.5. The number of benzene rings is 2. The molecule has 0 radical (unpaired) electrons. The van der Waals surface area contributed by atoms with E-state index in [4.69, 9.17) is 0 Å². The van der Waals surface area contributed by atoms with Gasteiger partial charge in [0.2, 0.25) is 0 Å². The Kier molecular flexibility index (Phi) is 4.09. The number of aryl methyl sites for hydroxylation is 2. The van der Waals surface area contributed by atoms with E-state index < -0.39 is 0 Å². The third-order valence-electron chi connectivity index (χ3n) is 4.34. The molecule has 2 heterocycles. The number of aromatic nitrogens is 2. The Morgan fingerprint density at radius 1 is 1.12 bits per heavy atom. The van der Waals surface area contributed by atoms with E-state index in [1.807, 2.05) is 26.0 Å². The van der Waals surface area contributed by atoms with Crippen molar-refractivity contribution in [3.8, 4) is 11.5 Å². The molecule has 0 aliphatic heterocycles. The van der Waals surface area contributed by atoms with Gasteiger partial charge in [-0.25, -0.2) is 9.38 Å². The van der Waals surface area contributed by atoms with Crippen LogP contribution in [0.15, 0.2) is 31.9 Å². The Balaban J connectivity index is 2.02. The molecule has 2 aromatic carbocycles. The Morgan fingerprint density at radius 2 is 1.81 bits per heavy atom. The number of hydrogen-bond acceptors (Lipinski definition) is 5. The average Bonchev–Trinajstić information content (AvgIpc) is 3.08. The monoisotopic (exact) mass is 494 g/mol. The zero-order valence-electron chi connectivity index (χ0n) is 13.7. The van der Waals surface area contributed by atoms with Gasteiger partial charge in [-0.3, -0.25) is 4.79 Å². The van der Waals surface area contributed by atoms with E-state index in [9.17, 15) is 15.0 Å². The number of hydrogen-bond donors (Lipinski definition) is 2. The van der Waals surface area contributed by atoms with Gasteiger partial charge in [-0.2, -0.15) is 0 Å². The summed E-state index contributed by atoms with van der Waals surface area (Å²) >= 11 is 7.64. The van der Waals surface area contributed by atoms with Crippen LogP contribution in [0.3, 0.4) is 0 Å². The average molecular weight is 496 g/mol. The number of halogens is 2. The minimum atomic E-state index is -0.185. The van der Waals surface area contributed by atoms with Crippen molar-refractivity contribution in [3.63, 3.8) is 0 Å². The molecule has 4 rings (SSSR count). The fourth-order valence-corrected chi connectivity index (χ4v) is 4.92. The van der Waals surface area contributed by atoms with E-state index in [1.165, 1.54) is 11.3 Å². The molecule has 0 saturated carbocycles. The zero-order valence-corrected chi connectivity index (χ0v) is 17.7. The topological polar surface area (TPSA) is 74.8 Å². The quantitative estimate of drug-likeness (QED) is 0.418. The van der Waals surface area contributed by atoms with Gasteiger partial charge >= 0.3 is 0 Å². The van der Waals surface area contributed by atoms with Crippen molar-refractivity contribution in [1.29, 1.82) is 0 Å². The second kappa shape index (κ2) is 6.07. The number of fused-ring (bicyclic) bond motifs is 3. The van der Waals surface area contributed by atoms with E-state index in [2.05, 4.69) is 36.8 Å². The maximum Gasteiger partial charge on any atom is 0.274 e. The van der Waals surface area contributed by atoms with Gasteiger partial charge in [0, 0.05) is 5.56 Å². The molecule has 4 aromatic rings. The second-order valence-electron chi connectivity index (χ2n) is 6.03. The molecule has 2 aromatic heterocycles. The number of rotatable bonds is 1. The van der Waals surface area contributed by atoms with Crippen molar-refractivity contribution in [1.82, 2.24) is 9.38 Å². The molecule has 0 bridgehead atoms. The summed E-state index contributed by atoms with van der Waals surface area (Å²) in [5.41, 5.74) is 4.03. The summed E-state index contributed by atoms with van der Waals surface area (Å²) in [4.78, 5) is 18.1. The van der Waals surface area contributed by atoms with Crippen molar-refractivity contribution in [2.45, 2.75) is 13.8 Å². The highest BCUT2D eigenvalue weighted by Crippen LogP contribution is 2.41. The lowest BCUT2D eigenvalue weighted by Crippen LogP contribution is -2.22. The lowest BCUT2D eigenvalue weighted by atomic mass is 10.1. The highest BCUT2D eigenvalue weighted by Gasteiger charge is 2.15. The van der Waals surface area contributed by atoms with Gasteiger partial charge in [-0.1, -0.05) is 11.3 Å². The van der Waals surface area contributed by atoms with Crippen LogP contribution in [0.25, 0.3) is 22.1 Å². The summed E-state index contributed by atoms with van der Waals surface area (Å²) in [5.74, 6) is -0.229. The van der Waals surface area contributed by atoms with E-state index >= 15 is 0 Å². The van der Waals surface area contributed by atoms with Crippen LogP contribution in [0.1, 0.15) is 16.7 Å². The first-order valence-corrected chi connectivity index (χ1v) is 10.0. The van der Waals surface area contributed by atoms with Crippen LogP contribution >= 0.6 is 43.2 Å². The van der Waals surface area contributed by atoms with Gasteiger partial charge in [0.15, 0.2) is 4.96 Å². The molecule has 0 unspecified atom stereocenters. The molecule has 8 heteroatoms. The molecule has 0 fully saturated rings. The molecule has 2 N–H and O–H groups in total. The van der Waals surface area contributed by atoms with E-state index in [-0.39, 0.29) is 21.5 Å². The molecule has 0 atom stereocenters. The lowest BCUT2D eigenvalue weighted by molar-refractivity contribution is 0.441. The number of thiazole rings is 1. The minimum Gasteiger partial charge on any atom is -0.506 e. The van der Waals surface area contributed by atoms with Gasteiger partial charge < -0.3 is 10.2 Å². The number of phenolic OH excluding ortho intramolecular Hbond substituents is 2. The third-order valence-corrected chi connectivity index (χ3v) is 6.66. The summed E-state index contributed by atoms with van der Waals surface area (Å²) in [6.45, 7) is 4.02. The summed E-state index contributed by atoms with van der Waals surface area (Å²) in [6, 6.07) is 5.50. The third kappa shape index (κ3) is 2.55. The fraction of sp³-hybridized carbons (Fsp3) is 0.111. The largest absolute Gasteiger partial charge is 0.506 e. The molecular weight excluding hydrogens is 484 g/mol. The number of nitrogens with zero attached hydrogens (tertiary/aromatic N) is 2. The van der Waals surface area contributed by atoms with Gasteiger partial charge in [0.05, 0.1) is 20.0 Å². The fourth-order valence-electron chi connectivity index (χ4n) is 2.79. The SMILES string of the molecule is Cc1cc2nc3s/c(=C\c4cc(Br)c(O)c(Br)c4O)c(=O)n3c2cc1C. The number of imidazole rings is 1. The van der Waals surface area contributed by atoms with Crippen LogP contribution in [0.2, 0.25) is 0 Å². The summed E-state index contributed by atoms with van der Waals surface area (Å²) in [5, 5.41) is 20.1. The summed E-state index contributed by atoms with van der Waals surface area (Å²) in [7, 11) is 0. The second-order valence-corrected chi connectivity index (χ2v) is 8.69. The highest BCUT2D eigenvalue weighted by atomic mass is 79.9. The van der Waals surface area contributed by atoms with Crippen LogP contribution in [0.5, 0.6) is 11.5 Å². The van der Waals surface area contributed by atoms with Crippen molar-refractivity contribution >= 4 is 65.3 Å². The molecule has 5 nitrogen and oxygen atoms in total. The Bertz CT molecular complexity index is 1320. The standard InChI is InChI=1S/C18H12Br2N2O3S/c1-7-3-11-12(4-8(7)2)22-17(25)13(26-18(22)21-11)6-9-5-10(19)16(24)14(20)15(9)23/h3-6,23-24H,1-2H3/b13-6-. The highest BCUT2D eigenvalue weighted by molar-refractivity contribution is 9.11. The van der Waals surface area contributed by atoms with Crippen molar-refractivity contribution in [2.24, 2.45) is 0 Å². The number of aromatic hydroxyl groups is 2. The first kappa shape index (κ1) is 17.5. The summed E-state index contributed by atoms with van der Waals surface area (Å²) < 4.78 is 2.63. The Labute approximate surface area is 168 Å². The van der Waals surface area contributed by atoms with Crippen molar-refractivity contribution in [3.05, 3.63) is 58.7 Å². The van der Waals surface area contributed by atoms with Gasteiger partial charge in [-0.15, -0.1) is 0 Å². The van der Waals surface area contributed by atoms with E-state index in [0.717, 1.165) is 22.2 Å². The van der Waals surface area contributed by atoms with Crippen LogP contribution in [0.4, 0.5) is 0 Å². The van der Waals surface area contributed by atoms with Crippen molar-refractivity contribution in [2.75, 3.05) is 0 Å². The molecule has 0 saturated heterocycles. The molecule has 26 heavy (non-hydrogen) atoms. The zero-order chi connectivity index (χ0) is 18.7. The molecule has 132 valence electrons. The Morgan fingerprint density at radius 3 is 2.54 bits per heavy atom. The predicted molar refractivity (Wildman–Crippen MR) is 110 cm³/mol. The minimum absolute atomic E-state index is 0.0974. The van der Waals surface area contributed by atoms with Crippen LogP contribution in [-0.2, 0) is 0 Å². The van der Waals surface area contributed by atoms with Gasteiger partial charge in [0.25, 0.3) is 5.56 Å². The molecule has 0 aliphatic carbocycles. The van der Waals surface area contributed by atoms with Crippen LogP contribution in [-0.4, -0.2) is 19.6 Å². The number of phenols is 2. The van der Waals surface area contributed by atoms with Gasteiger partial charge in [0.1, 0.15) is 16.0 Å². The molecule has 0 aliphatic rings. The molecule has 0 spiro atoms.